The molecule has 0 saturated carbocycles. The first-order valence-corrected chi connectivity index (χ1v) is 7.24. The first-order chi connectivity index (χ1) is 8.29. The van der Waals surface area contributed by atoms with Crippen molar-refractivity contribution in [2.75, 3.05) is 26.7 Å². The van der Waals surface area contributed by atoms with Crippen molar-refractivity contribution in [3.63, 3.8) is 0 Å². The van der Waals surface area contributed by atoms with Crippen molar-refractivity contribution in [2.24, 2.45) is 0 Å². The molecule has 3 heteroatoms. The van der Waals surface area contributed by atoms with E-state index in [4.69, 9.17) is 0 Å². The van der Waals surface area contributed by atoms with Crippen LogP contribution in [0.3, 0.4) is 0 Å². The van der Waals surface area contributed by atoms with Crippen LogP contribution in [-0.2, 0) is 0 Å². The highest BCUT2D eigenvalue weighted by Gasteiger charge is 2.15. The SMILES string of the molecule is CNC(CCN1CCCC1)c1cccc(Br)c1. The van der Waals surface area contributed by atoms with Crippen LogP contribution in [0.2, 0.25) is 0 Å². The maximum absolute atomic E-state index is 3.54. The van der Waals surface area contributed by atoms with Gasteiger partial charge in [-0.1, -0.05) is 28.1 Å². The molecule has 1 aliphatic rings. The summed E-state index contributed by atoms with van der Waals surface area (Å²) >= 11 is 3.54. The number of hydrogen-bond acceptors (Lipinski definition) is 2. The minimum Gasteiger partial charge on any atom is -0.313 e. The third kappa shape index (κ3) is 3.80. The zero-order valence-corrected chi connectivity index (χ0v) is 12.0. The molecule has 1 unspecified atom stereocenters. The molecule has 1 saturated heterocycles. The fourth-order valence-corrected chi connectivity index (χ4v) is 2.94. The molecule has 1 fully saturated rings. The second-order valence-corrected chi connectivity index (χ2v) is 5.65. The summed E-state index contributed by atoms with van der Waals surface area (Å²) in [6, 6.07) is 9.07. The lowest BCUT2D eigenvalue weighted by atomic mass is 10.0. The summed E-state index contributed by atoms with van der Waals surface area (Å²) in [6.45, 7) is 3.78. The quantitative estimate of drug-likeness (QED) is 0.898. The predicted molar refractivity (Wildman–Crippen MR) is 76.2 cm³/mol. The molecule has 0 amide bonds. The van der Waals surface area contributed by atoms with Crippen molar-refractivity contribution in [3.8, 4) is 0 Å². The van der Waals surface area contributed by atoms with E-state index >= 15 is 0 Å². The van der Waals surface area contributed by atoms with Crippen molar-refractivity contribution in [2.45, 2.75) is 25.3 Å². The van der Waals surface area contributed by atoms with Gasteiger partial charge in [-0.3, -0.25) is 0 Å². The molecule has 1 heterocycles. The molecule has 94 valence electrons. The second kappa shape index (κ2) is 6.53. The minimum absolute atomic E-state index is 0.466. The molecule has 0 radical (unpaired) electrons. The van der Waals surface area contributed by atoms with Crippen LogP contribution in [0, 0.1) is 0 Å². The Hall–Kier alpha value is -0.380. The number of rotatable bonds is 5. The van der Waals surface area contributed by atoms with Crippen LogP contribution in [0.15, 0.2) is 28.7 Å². The van der Waals surface area contributed by atoms with E-state index in [0.29, 0.717) is 6.04 Å². The van der Waals surface area contributed by atoms with E-state index in [-0.39, 0.29) is 0 Å². The van der Waals surface area contributed by atoms with Crippen LogP contribution in [0.25, 0.3) is 0 Å². The topological polar surface area (TPSA) is 15.3 Å². The van der Waals surface area contributed by atoms with Gasteiger partial charge in [0.2, 0.25) is 0 Å². The largest absolute Gasteiger partial charge is 0.313 e. The van der Waals surface area contributed by atoms with Crippen molar-refractivity contribution in [3.05, 3.63) is 34.3 Å². The van der Waals surface area contributed by atoms with Gasteiger partial charge >= 0.3 is 0 Å². The lowest BCUT2D eigenvalue weighted by Crippen LogP contribution is -2.26. The van der Waals surface area contributed by atoms with E-state index in [0.717, 1.165) is 4.47 Å². The summed E-state index contributed by atoms with van der Waals surface area (Å²) in [4.78, 5) is 2.57. The maximum atomic E-state index is 3.54. The zero-order valence-electron chi connectivity index (χ0n) is 10.5. The Labute approximate surface area is 113 Å². The highest BCUT2D eigenvalue weighted by molar-refractivity contribution is 9.10. The Balaban J connectivity index is 1.91. The highest BCUT2D eigenvalue weighted by Crippen LogP contribution is 2.21. The molecule has 1 aromatic carbocycles. The summed E-state index contributed by atoms with van der Waals surface area (Å²) < 4.78 is 1.16. The first kappa shape index (κ1) is 13.1. The van der Waals surface area contributed by atoms with Gasteiger partial charge < -0.3 is 10.2 Å². The van der Waals surface area contributed by atoms with Crippen LogP contribution in [0.4, 0.5) is 0 Å². The van der Waals surface area contributed by atoms with E-state index in [1.54, 1.807) is 0 Å². The molecule has 0 aromatic heterocycles. The normalized spacial score (nSPS) is 18.5. The molecule has 0 bridgehead atoms. The molecule has 1 N–H and O–H groups in total. The third-order valence-electron chi connectivity index (χ3n) is 3.53. The summed E-state index contributed by atoms with van der Waals surface area (Å²) in [6.07, 6.45) is 3.94. The predicted octanol–water partition coefficient (Wildman–Crippen LogP) is 3.20. The number of benzene rings is 1. The summed E-state index contributed by atoms with van der Waals surface area (Å²) in [5.41, 5.74) is 1.38. The van der Waals surface area contributed by atoms with Crippen molar-refractivity contribution in [1.29, 1.82) is 0 Å². The number of likely N-dealkylation sites (tertiary alicyclic amines) is 1. The maximum Gasteiger partial charge on any atom is 0.0330 e. The van der Waals surface area contributed by atoms with Crippen LogP contribution in [0.5, 0.6) is 0 Å². The fourth-order valence-electron chi connectivity index (χ4n) is 2.52. The van der Waals surface area contributed by atoms with Crippen LogP contribution < -0.4 is 5.32 Å². The molecule has 0 spiro atoms. The van der Waals surface area contributed by atoms with Gasteiger partial charge in [-0.2, -0.15) is 0 Å². The summed E-state index contributed by atoms with van der Waals surface area (Å²) in [5.74, 6) is 0. The van der Waals surface area contributed by atoms with E-state index in [1.807, 2.05) is 0 Å². The average Bonchev–Trinajstić information content (AvgIpc) is 2.83. The van der Waals surface area contributed by atoms with Gasteiger partial charge in [0.15, 0.2) is 0 Å². The van der Waals surface area contributed by atoms with Crippen molar-refractivity contribution in [1.82, 2.24) is 10.2 Å². The molecule has 1 aromatic rings. The Kier molecular flexibility index (Phi) is 5.01. The Morgan fingerprint density at radius 2 is 2.12 bits per heavy atom. The monoisotopic (exact) mass is 296 g/mol. The smallest absolute Gasteiger partial charge is 0.0330 e. The molecule has 2 rings (SSSR count). The van der Waals surface area contributed by atoms with Crippen LogP contribution in [0.1, 0.15) is 30.9 Å². The number of hydrogen-bond donors (Lipinski definition) is 1. The minimum atomic E-state index is 0.466. The third-order valence-corrected chi connectivity index (χ3v) is 4.03. The van der Waals surface area contributed by atoms with Crippen LogP contribution >= 0.6 is 15.9 Å². The molecule has 17 heavy (non-hydrogen) atoms. The highest BCUT2D eigenvalue weighted by atomic mass is 79.9. The van der Waals surface area contributed by atoms with Crippen LogP contribution in [-0.4, -0.2) is 31.6 Å². The Morgan fingerprint density at radius 1 is 1.35 bits per heavy atom. The standard InChI is InChI=1S/C14H21BrN2/c1-16-14(7-10-17-8-2-3-9-17)12-5-4-6-13(15)11-12/h4-6,11,14,16H,2-3,7-10H2,1H3. The number of nitrogens with one attached hydrogen (secondary N) is 1. The lowest BCUT2D eigenvalue weighted by Gasteiger charge is -2.21. The van der Waals surface area contributed by atoms with Gasteiger partial charge in [0.25, 0.3) is 0 Å². The zero-order chi connectivity index (χ0) is 12.1. The van der Waals surface area contributed by atoms with Gasteiger partial charge in [0.05, 0.1) is 0 Å². The average molecular weight is 297 g/mol. The molecular weight excluding hydrogens is 276 g/mol. The van der Waals surface area contributed by atoms with Gasteiger partial charge in [-0.25, -0.2) is 0 Å². The molecular formula is C14H21BrN2. The molecule has 1 atom stereocenters. The van der Waals surface area contributed by atoms with Gasteiger partial charge in [-0.15, -0.1) is 0 Å². The van der Waals surface area contributed by atoms with Gasteiger partial charge in [0, 0.05) is 10.5 Å². The van der Waals surface area contributed by atoms with Gasteiger partial charge in [-0.05, 0) is 63.6 Å². The molecule has 2 nitrogen and oxygen atoms in total. The fraction of sp³-hybridized carbons (Fsp3) is 0.571. The van der Waals surface area contributed by atoms with E-state index < -0.39 is 0 Å². The molecule has 0 aliphatic carbocycles. The van der Waals surface area contributed by atoms with Crippen molar-refractivity contribution >= 4 is 15.9 Å². The second-order valence-electron chi connectivity index (χ2n) is 4.73. The van der Waals surface area contributed by atoms with E-state index in [9.17, 15) is 0 Å². The summed E-state index contributed by atoms with van der Waals surface area (Å²) in [7, 11) is 2.05. The van der Waals surface area contributed by atoms with Gasteiger partial charge in [0.1, 0.15) is 0 Å². The summed E-state index contributed by atoms with van der Waals surface area (Å²) in [5, 5.41) is 3.42. The Morgan fingerprint density at radius 3 is 2.76 bits per heavy atom. The number of halogens is 1. The first-order valence-electron chi connectivity index (χ1n) is 6.44. The number of nitrogens with zero attached hydrogens (tertiary/aromatic N) is 1. The Bertz CT molecular complexity index is 348. The molecule has 1 aliphatic heterocycles. The van der Waals surface area contributed by atoms with E-state index in [2.05, 4.69) is 57.5 Å². The lowest BCUT2D eigenvalue weighted by molar-refractivity contribution is 0.314. The van der Waals surface area contributed by atoms with E-state index in [1.165, 1.54) is 44.5 Å². The van der Waals surface area contributed by atoms with Crippen molar-refractivity contribution < 1.29 is 0 Å².